The molecule has 110 valence electrons. The van der Waals surface area contributed by atoms with Gasteiger partial charge in [0.15, 0.2) is 12.4 Å². The van der Waals surface area contributed by atoms with E-state index in [1.807, 2.05) is 0 Å². The van der Waals surface area contributed by atoms with E-state index in [4.69, 9.17) is 0 Å². The molecule has 0 radical (unpaired) electrons. The van der Waals surface area contributed by atoms with E-state index < -0.39 is 0 Å². The molecule has 1 N–H and O–H groups in total. The SMILES string of the molecule is O=C(NCCCSc1ccc(F)cc1)c1cc[n+]([O-])cc1. The number of rotatable bonds is 6. The lowest BCUT2D eigenvalue weighted by molar-refractivity contribution is -0.605. The van der Waals surface area contributed by atoms with E-state index in [0.717, 1.165) is 17.1 Å². The molecular formula is C15H15FN2O2S. The topological polar surface area (TPSA) is 56.0 Å². The Morgan fingerprint density at radius 3 is 2.52 bits per heavy atom. The lowest BCUT2D eigenvalue weighted by atomic mass is 10.2. The summed E-state index contributed by atoms with van der Waals surface area (Å²) in [7, 11) is 0. The highest BCUT2D eigenvalue weighted by molar-refractivity contribution is 7.99. The van der Waals surface area contributed by atoms with Crippen LogP contribution in [0, 0.1) is 11.0 Å². The van der Waals surface area contributed by atoms with Crippen LogP contribution >= 0.6 is 11.8 Å². The zero-order chi connectivity index (χ0) is 15.1. The van der Waals surface area contributed by atoms with E-state index in [1.54, 1.807) is 23.9 Å². The van der Waals surface area contributed by atoms with Crippen LogP contribution in [0.1, 0.15) is 16.8 Å². The van der Waals surface area contributed by atoms with Gasteiger partial charge in [-0.25, -0.2) is 4.39 Å². The number of carbonyl (C=O) groups excluding carboxylic acids is 1. The Morgan fingerprint density at radius 1 is 1.19 bits per heavy atom. The van der Waals surface area contributed by atoms with Gasteiger partial charge in [0.25, 0.3) is 5.91 Å². The highest BCUT2D eigenvalue weighted by atomic mass is 32.2. The first kappa shape index (κ1) is 15.3. The summed E-state index contributed by atoms with van der Waals surface area (Å²) in [6.45, 7) is 0.555. The van der Waals surface area contributed by atoms with Gasteiger partial charge in [0.1, 0.15) is 5.82 Å². The number of nitrogens with one attached hydrogen (secondary N) is 1. The number of benzene rings is 1. The van der Waals surface area contributed by atoms with Crippen LogP contribution in [-0.4, -0.2) is 18.2 Å². The second-order valence-electron chi connectivity index (χ2n) is 4.36. The summed E-state index contributed by atoms with van der Waals surface area (Å²) in [5.41, 5.74) is 0.466. The molecule has 0 spiro atoms. The van der Waals surface area contributed by atoms with Gasteiger partial charge in [-0.3, -0.25) is 4.79 Å². The van der Waals surface area contributed by atoms with E-state index in [9.17, 15) is 14.4 Å². The number of hydrogen-bond acceptors (Lipinski definition) is 3. The number of hydrogen-bond donors (Lipinski definition) is 1. The van der Waals surface area contributed by atoms with Crippen molar-refractivity contribution in [1.82, 2.24) is 5.32 Å². The Morgan fingerprint density at radius 2 is 1.86 bits per heavy atom. The second kappa shape index (κ2) is 7.64. The van der Waals surface area contributed by atoms with Crippen LogP contribution < -0.4 is 10.0 Å². The van der Waals surface area contributed by atoms with Crippen LogP contribution in [0.15, 0.2) is 53.7 Å². The van der Waals surface area contributed by atoms with Crippen molar-refractivity contribution in [3.63, 3.8) is 0 Å². The van der Waals surface area contributed by atoms with Crippen LogP contribution in [0.4, 0.5) is 4.39 Å². The summed E-state index contributed by atoms with van der Waals surface area (Å²) in [6.07, 6.45) is 3.39. The normalized spacial score (nSPS) is 10.3. The molecule has 0 saturated heterocycles. The van der Waals surface area contributed by atoms with Gasteiger partial charge in [0, 0.05) is 23.6 Å². The molecule has 0 aliphatic rings. The van der Waals surface area contributed by atoms with Crippen LogP contribution in [-0.2, 0) is 0 Å². The van der Waals surface area contributed by atoms with Crippen LogP contribution in [0.5, 0.6) is 0 Å². The maximum absolute atomic E-state index is 12.7. The summed E-state index contributed by atoms with van der Waals surface area (Å²) < 4.78 is 13.4. The number of halogens is 1. The number of thioether (sulfide) groups is 1. The molecule has 0 bridgehead atoms. The first-order valence-electron chi connectivity index (χ1n) is 6.50. The molecule has 2 aromatic rings. The monoisotopic (exact) mass is 306 g/mol. The summed E-state index contributed by atoms with van der Waals surface area (Å²) in [5.74, 6) is 0.401. The van der Waals surface area contributed by atoms with Crippen LogP contribution in [0.2, 0.25) is 0 Å². The van der Waals surface area contributed by atoms with Gasteiger partial charge in [0.05, 0.1) is 5.56 Å². The first-order valence-corrected chi connectivity index (χ1v) is 7.49. The molecule has 2 rings (SSSR count). The molecule has 0 aliphatic carbocycles. The Kier molecular flexibility index (Phi) is 5.57. The number of pyridine rings is 1. The maximum atomic E-state index is 12.7. The number of aromatic nitrogens is 1. The van der Waals surface area contributed by atoms with E-state index in [1.165, 1.54) is 36.7 Å². The van der Waals surface area contributed by atoms with Crippen molar-refractivity contribution in [3.8, 4) is 0 Å². The minimum absolute atomic E-state index is 0.192. The van der Waals surface area contributed by atoms with Crippen molar-refractivity contribution in [2.75, 3.05) is 12.3 Å². The summed E-state index contributed by atoms with van der Waals surface area (Å²) in [6, 6.07) is 9.30. The molecule has 0 saturated carbocycles. The first-order chi connectivity index (χ1) is 10.1. The van der Waals surface area contributed by atoms with Gasteiger partial charge in [0.2, 0.25) is 0 Å². The third kappa shape index (κ3) is 5.07. The molecule has 0 atom stereocenters. The van der Waals surface area contributed by atoms with E-state index in [-0.39, 0.29) is 11.7 Å². The van der Waals surface area contributed by atoms with E-state index in [0.29, 0.717) is 16.8 Å². The van der Waals surface area contributed by atoms with Crippen molar-refractivity contribution in [3.05, 3.63) is 65.4 Å². The smallest absolute Gasteiger partial charge is 0.251 e. The molecule has 1 heterocycles. The molecule has 0 fully saturated rings. The molecule has 0 aliphatic heterocycles. The van der Waals surface area contributed by atoms with Crippen LogP contribution in [0.3, 0.4) is 0 Å². The molecule has 21 heavy (non-hydrogen) atoms. The average molecular weight is 306 g/mol. The minimum Gasteiger partial charge on any atom is -0.619 e. The van der Waals surface area contributed by atoms with Gasteiger partial charge in [-0.2, -0.15) is 4.73 Å². The van der Waals surface area contributed by atoms with Gasteiger partial charge in [-0.15, -0.1) is 11.8 Å². The third-order valence-corrected chi connectivity index (χ3v) is 3.85. The van der Waals surface area contributed by atoms with E-state index >= 15 is 0 Å². The minimum atomic E-state index is -0.242. The lowest BCUT2D eigenvalue weighted by Gasteiger charge is -2.05. The zero-order valence-electron chi connectivity index (χ0n) is 11.3. The lowest BCUT2D eigenvalue weighted by Crippen LogP contribution is -2.28. The second-order valence-corrected chi connectivity index (χ2v) is 5.53. The van der Waals surface area contributed by atoms with Crippen molar-refractivity contribution in [1.29, 1.82) is 0 Å². The standard InChI is InChI=1S/C15H15FN2O2S/c16-13-2-4-14(5-3-13)21-11-1-8-17-15(19)12-6-9-18(20)10-7-12/h2-7,9-10H,1,8,11H2,(H,17,19). The quantitative estimate of drug-likeness (QED) is 0.386. The number of nitrogens with zero attached hydrogens (tertiary/aromatic N) is 1. The molecular weight excluding hydrogens is 291 g/mol. The highest BCUT2D eigenvalue weighted by Crippen LogP contribution is 2.18. The Labute approximate surface area is 126 Å². The largest absolute Gasteiger partial charge is 0.619 e. The van der Waals surface area contributed by atoms with Gasteiger partial charge < -0.3 is 10.5 Å². The zero-order valence-corrected chi connectivity index (χ0v) is 12.1. The molecule has 1 aromatic heterocycles. The summed E-state index contributed by atoms with van der Waals surface area (Å²) >= 11 is 1.62. The maximum Gasteiger partial charge on any atom is 0.251 e. The molecule has 1 aromatic carbocycles. The molecule has 1 amide bonds. The fourth-order valence-corrected chi connectivity index (χ4v) is 2.51. The third-order valence-electron chi connectivity index (χ3n) is 2.75. The summed E-state index contributed by atoms with van der Waals surface area (Å²) in [4.78, 5) is 12.8. The van der Waals surface area contributed by atoms with Crippen molar-refractivity contribution >= 4 is 17.7 Å². The Hall–Kier alpha value is -2.08. The summed E-state index contributed by atoms with van der Waals surface area (Å²) in [5, 5.41) is 13.6. The predicted molar refractivity (Wildman–Crippen MR) is 79.5 cm³/mol. The fourth-order valence-electron chi connectivity index (χ4n) is 1.66. The van der Waals surface area contributed by atoms with Gasteiger partial charge >= 0.3 is 0 Å². The predicted octanol–water partition coefficient (Wildman–Crippen LogP) is 2.37. The highest BCUT2D eigenvalue weighted by Gasteiger charge is 2.05. The number of amides is 1. The van der Waals surface area contributed by atoms with Gasteiger partial charge in [-0.1, -0.05) is 0 Å². The molecule has 4 nitrogen and oxygen atoms in total. The Bertz CT molecular complexity index is 588. The van der Waals surface area contributed by atoms with E-state index in [2.05, 4.69) is 5.32 Å². The van der Waals surface area contributed by atoms with Crippen molar-refractivity contribution < 1.29 is 13.9 Å². The average Bonchev–Trinajstić information content (AvgIpc) is 2.49. The molecule has 6 heteroatoms. The van der Waals surface area contributed by atoms with Gasteiger partial charge in [-0.05, 0) is 36.4 Å². The fraction of sp³-hybridized carbons (Fsp3) is 0.200. The number of carbonyl (C=O) groups is 1. The van der Waals surface area contributed by atoms with Crippen LogP contribution in [0.25, 0.3) is 0 Å². The van der Waals surface area contributed by atoms with Crippen molar-refractivity contribution in [2.24, 2.45) is 0 Å². The van der Waals surface area contributed by atoms with Crippen molar-refractivity contribution in [2.45, 2.75) is 11.3 Å². The molecule has 0 unspecified atom stereocenters. The Balaban J connectivity index is 1.66.